The van der Waals surface area contributed by atoms with Gasteiger partial charge in [-0.1, -0.05) is 0 Å². The molecule has 0 unspecified atom stereocenters. The summed E-state index contributed by atoms with van der Waals surface area (Å²) < 4.78 is 0. The molecule has 0 saturated heterocycles. The SMILES string of the molecule is NC(=O)[C@H](O)c1cscn1. The van der Waals surface area contributed by atoms with Gasteiger partial charge in [0.15, 0.2) is 6.10 Å². The fraction of sp³-hybridized carbons (Fsp3) is 0.200. The van der Waals surface area contributed by atoms with Crippen molar-refractivity contribution in [3.05, 3.63) is 16.6 Å². The van der Waals surface area contributed by atoms with Gasteiger partial charge in [-0.05, 0) is 0 Å². The van der Waals surface area contributed by atoms with Crippen LogP contribution in [0.25, 0.3) is 0 Å². The van der Waals surface area contributed by atoms with Gasteiger partial charge in [-0.2, -0.15) is 0 Å². The molecule has 1 amide bonds. The minimum Gasteiger partial charge on any atom is -0.377 e. The van der Waals surface area contributed by atoms with Crippen molar-refractivity contribution < 1.29 is 9.90 Å². The van der Waals surface area contributed by atoms with Gasteiger partial charge in [0.2, 0.25) is 0 Å². The van der Waals surface area contributed by atoms with Crippen LogP contribution in [-0.2, 0) is 4.79 Å². The summed E-state index contributed by atoms with van der Waals surface area (Å²) in [6.07, 6.45) is -1.26. The highest BCUT2D eigenvalue weighted by Crippen LogP contribution is 2.10. The fourth-order valence-electron chi connectivity index (χ4n) is 0.503. The minimum atomic E-state index is -1.26. The van der Waals surface area contributed by atoms with Crippen LogP contribution in [0.4, 0.5) is 0 Å². The standard InChI is InChI=1S/C5H6N2O2S/c6-5(9)4(8)3-1-10-2-7-3/h1-2,4,8H,(H2,6,9)/t4-/m1/s1. The van der Waals surface area contributed by atoms with E-state index in [1.807, 2.05) is 0 Å². The van der Waals surface area contributed by atoms with E-state index in [1.165, 1.54) is 16.8 Å². The van der Waals surface area contributed by atoms with Gasteiger partial charge in [-0.15, -0.1) is 11.3 Å². The van der Waals surface area contributed by atoms with Crippen LogP contribution in [0.2, 0.25) is 0 Å². The number of thiazole rings is 1. The van der Waals surface area contributed by atoms with Gasteiger partial charge >= 0.3 is 0 Å². The first-order valence-electron chi connectivity index (χ1n) is 2.57. The molecule has 0 saturated carbocycles. The van der Waals surface area contributed by atoms with Gasteiger partial charge in [-0.3, -0.25) is 4.79 Å². The normalized spacial score (nSPS) is 12.9. The highest BCUT2D eigenvalue weighted by atomic mass is 32.1. The van der Waals surface area contributed by atoms with Crippen molar-refractivity contribution in [3.63, 3.8) is 0 Å². The topological polar surface area (TPSA) is 76.2 Å². The molecule has 1 rings (SSSR count). The van der Waals surface area contributed by atoms with Gasteiger partial charge in [0.1, 0.15) is 0 Å². The molecule has 0 bridgehead atoms. The summed E-state index contributed by atoms with van der Waals surface area (Å²) in [6, 6.07) is 0. The maximum atomic E-state index is 10.3. The Morgan fingerprint density at radius 2 is 2.60 bits per heavy atom. The van der Waals surface area contributed by atoms with Crippen LogP contribution in [0.15, 0.2) is 10.9 Å². The summed E-state index contributed by atoms with van der Waals surface area (Å²) in [5.41, 5.74) is 6.65. The Morgan fingerprint density at radius 3 is 3.00 bits per heavy atom. The van der Waals surface area contributed by atoms with Crippen molar-refractivity contribution in [1.82, 2.24) is 4.98 Å². The number of hydrogen-bond acceptors (Lipinski definition) is 4. The largest absolute Gasteiger partial charge is 0.377 e. The molecular formula is C5H6N2O2S. The van der Waals surface area contributed by atoms with E-state index < -0.39 is 12.0 Å². The number of hydrogen-bond donors (Lipinski definition) is 2. The second-order valence-corrected chi connectivity index (χ2v) is 2.44. The summed E-state index contributed by atoms with van der Waals surface area (Å²) >= 11 is 1.31. The predicted molar refractivity (Wildman–Crippen MR) is 36.3 cm³/mol. The van der Waals surface area contributed by atoms with E-state index in [2.05, 4.69) is 4.98 Å². The van der Waals surface area contributed by atoms with Crippen LogP contribution < -0.4 is 5.73 Å². The van der Waals surface area contributed by atoms with E-state index in [1.54, 1.807) is 5.38 Å². The van der Waals surface area contributed by atoms with Crippen molar-refractivity contribution in [1.29, 1.82) is 0 Å². The Balaban J connectivity index is 2.77. The number of primary amides is 1. The van der Waals surface area contributed by atoms with E-state index in [4.69, 9.17) is 10.8 Å². The number of nitrogens with two attached hydrogens (primary N) is 1. The number of carbonyl (C=O) groups is 1. The molecule has 0 fully saturated rings. The molecule has 4 nitrogen and oxygen atoms in total. The lowest BCUT2D eigenvalue weighted by Gasteiger charge is -1.99. The van der Waals surface area contributed by atoms with E-state index in [0.717, 1.165) is 0 Å². The van der Waals surface area contributed by atoms with Crippen LogP contribution in [-0.4, -0.2) is 16.0 Å². The number of rotatable bonds is 2. The Morgan fingerprint density at radius 1 is 1.90 bits per heavy atom. The zero-order valence-corrected chi connectivity index (χ0v) is 5.84. The van der Waals surface area contributed by atoms with E-state index in [-0.39, 0.29) is 0 Å². The van der Waals surface area contributed by atoms with Gasteiger partial charge in [0, 0.05) is 5.38 Å². The third-order valence-electron chi connectivity index (χ3n) is 1.00. The van der Waals surface area contributed by atoms with E-state index in [0.29, 0.717) is 5.69 Å². The van der Waals surface area contributed by atoms with E-state index >= 15 is 0 Å². The zero-order valence-electron chi connectivity index (χ0n) is 5.02. The second-order valence-electron chi connectivity index (χ2n) is 1.72. The molecule has 1 aromatic heterocycles. The van der Waals surface area contributed by atoms with Gasteiger partial charge < -0.3 is 10.8 Å². The lowest BCUT2D eigenvalue weighted by Crippen LogP contribution is -2.20. The Labute approximate surface area is 61.3 Å². The monoisotopic (exact) mass is 158 g/mol. The number of nitrogens with zero attached hydrogens (tertiary/aromatic N) is 1. The summed E-state index contributed by atoms with van der Waals surface area (Å²) in [5, 5.41) is 10.5. The molecule has 0 aromatic carbocycles. The van der Waals surface area contributed by atoms with E-state index in [9.17, 15) is 4.79 Å². The molecule has 1 aromatic rings. The Kier molecular flexibility index (Phi) is 1.98. The molecule has 0 aliphatic carbocycles. The smallest absolute Gasteiger partial charge is 0.252 e. The zero-order chi connectivity index (χ0) is 7.56. The van der Waals surface area contributed by atoms with Crippen LogP contribution >= 0.6 is 11.3 Å². The summed E-state index contributed by atoms with van der Waals surface area (Å²) in [4.78, 5) is 14.0. The van der Waals surface area contributed by atoms with Crippen molar-refractivity contribution in [2.75, 3.05) is 0 Å². The quantitative estimate of drug-likeness (QED) is 0.618. The average Bonchev–Trinajstić information content (AvgIpc) is 2.36. The minimum absolute atomic E-state index is 0.317. The van der Waals surface area contributed by atoms with Crippen molar-refractivity contribution >= 4 is 17.2 Å². The third-order valence-corrected chi connectivity index (χ3v) is 1.61. The Hall–Kier alpha value is -0.940. The number of amides is 1. The molecule has 1 heterocycles. The first kappa shape index (κ1) is 7.17. The summed E-state index contributed by atoms with van der Waals surface area (Å²) in [7, 11) is 0. The number of aliphatic hydroxyl groups is 1. The summed E-state index contributed by atoms with van der Waals surface area (Å²) in [6.45, 7) is 0. The highest BCUT2D eigenvalue weighted by Gasteiger charge is 2.14. The number of aliphatic hydroxyl groups excluding tert-OH is 1. The summed E-state index contributed by atoms with van der Waals surface area (Å²) in [5.74, 6) is -0.772. The number of carbonyl (C=O) groups excluding carboxylic acids is 1. The lowest BCUT2D eigenvalue weighted by atomic mass is 10.3. The molecule has 0 radical (unpaired) electrons. The molecule has 1 atom stereocenters. The first-order valence-corrected chi connectivity index (χ1v) is 3.51. The van der Waals surface area contributed by atoms with Crippen LogP contribution in [0.3, 0.4) is 0 Å². The molecule has 3 N–H and O–H groups in total. The number of aromatic nitrogens is 1. The van der Waals surface area contributed by atoms with Crippen LogP contribution in [0.1, 0.15) is 11.8 Å². The third kappa shape index (κ3) is 1.31. The predicted octanol–water partition coefficient (Wildman–Crippen LogP) is -0.338. The first-order chi connectivity index (χ1) is 4.72. The Bertz CT molecular complexity index is 222. The van der Waals surface area contributed by atoms with Crippen molar-refractivity contribution in [3.8, 4) is 0 Å². The maximum absolute atomic E-state index is 10.3. The second kappa shape index (κ2) is 2.76. The van der Waals surface area contributed by atoms with Crippen LogP contribution in [0, 0.1) is 0 Å². The van der Waals surface area contributed by atoms with Crippen molar-refractivity contribution in [2.45, 2.75) is 6.10 Å². The molecule has 0 aliphatic rings. The molecule has 0 spiro atoms. The molecule has 54 valence electrons. The molecule has 5 heteroatoms. The fourth-order valence-corrected chi connectivity index (χ4v) is 1.08. The average molecular weight is 158 g/mol. The lowest BCUT2D eigenvalue weighted by molar-refractivity contribution is -0.126. The molecular weight excluding hydrogens is 152 g/mol. The van der Waals surface area contributed by atoms with Gasteiger partial charge in [0.05, 0.1) is 11.2 Å². The van der Waals surface area contributed by atoms with Gasteiger partial charge in [-0.25, -0.2) is 4.98 Å². The maximum Gasteiger partial charge on any atom is 0.252 e. The van der Waals surface area contributed by atoms with Crippen LogP contribution in [0.5, 0.6) is 0 Å². The molecule has 10 heavy (non-hydrogen) atoms. The molecule has 0 aliphatic heterocycles. The van der Waals surface area contributed by atoms with Crippen molar-refractivity contribution in [2.24, 2.45) is 5.73 Å². The van der Waals surface area contributed by atoms with Gasteiger partial charge in [0.25, 0.3) is 5.91 Å². The highest BCUT2D eigenvalue weighted by molar-refractivity contribution is 7.07.